The Kier molecular flexibility index (Phi) is 6.74. The van der Waals surface area contributed by atoms with Crippen LogP contribution in [0.1, 0.15) is 71.6 Å². The second-order valence-corrected chi connectivity index (χ2v) is 6.16. The molecule has 1 aromatic carbocycles. The van der Waals surface area contributed by atoms with Gasteiger partial charge in [0.05, 0.1) is 6.04 Å². The highest BCUT2D eigenvalue weighted by molar-refractivity contribution is 5.97. The third-order valence-electron chi connectivity index (χ3n) is 4.35. The minimum atomic E-state index is -0.615. The smallest absolute Gasteiger partial charge is 0.271 e. The Labute approximate surface area is 148 Å². The lowest BCUT2D eigenvalue weighted by molar-refractivity contribution is 0.0955. The fourth-order valence-electron chi connectivity index (χ4n) is 2.87. The molecule has 134 valence electrons. The molecule has 1 fully saturated rings. The summed E-state index contributed by atoms with van der Waals surface area (Å²) in [5.74, 6) is -0.970. The highest BCUT2D eigenvalue weighted by atomic mass is 16.2. The van der Waals surface area contributed by atoms with Crippen molar-refractivity contribution in [2.45, 2.75) is 45.1 Å². The largest absolute Gasteiger partial charge is 0.364 e. The third-order valence-corrected chi connectivity index (χ3v) is 4.35. The molecule has 6 nitrogen and oxygen atoms in total. The van der Waals surface area contributed by atoms with Gasteiger partial charge >= 0.3 is 0 Å². The van der Waals surface area contributed by atoms with E-state index in [1.807, 2.05) is 37.3 Å². The van der Waals surface area contributed by atoms with Crippen molar-refractivity contribution in [2.24, 2.45) is 5.73 Å². The van der Waals surface area contributed by atoms with E-state index in [2.05, 4.69) is 10.4 Å². The fourth-order valence-corrected chi connectivity index (χ4v) is 2.87. The Morgan fingerprint density at radius 3 is 2.16 bits per heavy atom. The number of benzene rings is 1. The third kappa shape index (κ3) is 4.92. The number of carbonyl (C=O) groups excluding carboxylic acids is 2. The summed E-state index contributed by atoms with van der Waals surface area (Å²) in [5.41, 5.74) is 6.71. The summed E-state index contributed by atoms with van der Waals surface area (Å²) in [6.07, 6.45) is 7.50. The van der Waals surface area contributed by atoms with Gasteiger partial charge in [0.25, 0.3) is 11.8 Å². The van der Waals surface area contributed by atoms with Crippen molar-refractivity contribution >= 4 is 11.8 Å². The van der Waals surface area contributed by atoms with Crippen molar-refractivity contribution in [1.82, 2.24) is 15.1 Å². The van der Waals surface area contributed by atoms with Gasteiger partial charge in [-0.05, 0) is 12.5 Å². The number of carbonyl (C=O) groups is 2. The van der Waals surface area contributed by atoms with Crippen LogP contribution in [0.4, 0.5) is 0 Å². The van der Waals surface area contributed by atoms with Gasteiger partial charge in [0.15, 0.2) is 5.69 Å². The fraction of sp³-hybridized carbons (Fsp3) is 0.421. The molecule has 1 atom stereocenters. The van der Waals surface area contributed by atoms with Crippen molar-refractivity contribution in [1.29, 1.82) is 0 Å². The molecule has 1 aromatic heterocycles. The maximum absolute atomic E-state index is 11.6. The second-order valence-electron chi connectivity index (χ2n) is 6.16. The predicted octanol–water partition coefficient (Wildman–Crippen LogP) is 2.90. The zero-order valence-electron chi connectivity index (χ0n) is 14.9. The summed E-state index contributed by atoms with van der Waals surface area (Å²) >= 11 is 0. The van der Waals surface area contributed by atoms with Gasteiger partial charge in [-0.1, -0.05) is 62.4 Å². The van der Waals surface area contributed by atoms with Gasteiger partial charge in [-0.25, -0.2) is 0 Å². The van der Waals surface area contributed by atoms with Gasteiger partial charge in [0.1, 0.15) is 5.69 Å². The van der Waals surface area contributed by atoms with Crippen LogP contribution in [0.15, 0.2) is 36.4 Å². The lowest BCUT2D eigenvalue weighted by atomic mass is 10.1. The minimum Gasteiger partial charge on any atom is -0.364 e. The van der Waals surface area contributed by atoms with E-state index >= 15 is 0 Å². The Bertz CT molecular complexity index is 698. The summed E-state index contributed by atoms with van der Waals surface area (Å²) in [6.45, 7) is 1.89. The highest BCUT2D eigenvalue weighted by Gasteiger charge is 2.20. The number of nitrogens with zero attached hydrogens (tertiary/aromatic N) is 2. The van der Waals surface area contributed by atoms with E-state index in [4.69, 9.17) is 5.73 Å². The van der Waals surface area contributed by atoms with Crippen LogP contribution in [-0.4, -0.2) is 28.6 Å². The second kappa shape index (κ2) is 9.01. The van der Waals surface area contributed by atoms with Gasteiger partial charge in [-0.2, -0.15) is 5.10 Å². The van der Waals surface area contributed by atoms with Crippen molar-refractivity contribution < 1.29 is 9.59 Å². The normalized spacial score (nSPS) is 14.3. The summed E-state index contributed by atoms with van der Waals surface area (Å²) in [4.78, 5) is 23.1. The maximum Gasteiger partial charge on any atom is 0.271 e. The molecule has 25 heavy (non-hydrogen) atoms. The Morgan fingerprint density at radius 1 is 1.12 bits per heavy atom. The number of rotatable bonds is 4. The number of amides is 2. The summed E-state index contributed by atoms with van der Waals surface area (Å²) in [7, 11) is 1.51. The van der Waals surface area contributed by atoms with Crippen LogP contribution in [-0.2, 0) is 0 Å². The first-order valence-electron chi connectivity index (χ1n) is 8.71. The molecule has 0 aliphatic heterocycles. The van der Waals surface area contributed by atoms with Gasteiger partial charge in [-0.15, -0.1) is 0 Å². The number of nitrogens with one attached hydrogen (secondary N) is 1. The zero-order valence-corrected chi connectivity index (χ0v) is 14.9. The van der Waals surface area contributed by atoms with Gasteiger partial charge in [0.2, 0.25) is 0 Å². The SMILES string of the molecule is C1CCCC1.CNC(=O)c1cc(C(N)=O)n(C(C)c2ccccc2)n1. The first kappa shape index (κ1) is 18.7. The molecule has 0 spiro atoms. The van der Waals surface area contributed by atoms with Crippen LogP contribution < -0.4 is 11.1 Å². The number of primary amides is 1. The van der Waals surface area contributed by atoms with Crippen LogP contribution in [0, 0.1) is 0 Å². The zero-order chi connectivity index (χ0) is 18.2. The van der Waals surface area contributed by atoms with Gasteiger partial charge in [-0.3, -0.25) is 14.3 Å². The molecule has 1 aliphatic carbocycles. The van der Waals surface area contributed by atoms with Crippen molar-refractivity contribution in [2.75, 3.05) is 7.05 Å². The number of hydrogen-bond acceptors (Lipinski definition) is 3. The average Bonchev–Trinajstić information content (AvgIpc) is 3.34. The first-order chi connectivity index (χ1) is 12.0. The molecule has 0 bridgehead atoms. The predicted molar refractivity (Wildman–Crippen MR) is 97.5 cm³/mol. The van der Waals surface area contributed by atoms with Gasteiger partial charge in [0, 0.05) is 13.1 Å². The number of hydrogen-bond donors (Lipinski definition) is 2. The van der Waals surface area contributed by atoms with Crippen molar-refractivity contribution in [3.8, 4) is 0 Å². The molecule has 1 aliphatic rings. The van der Waals surface area contributed by atoms with Crippen LogP contribution >= 0.6 is 0 Å². The van der Waals surface area contributed by atoms with E-state index in [1.54, 1.807) is 0 Å². The minimum absolute atomic E-state index is 0.170. The van der Waals surface area contributed by atoms with Crippen LogP contribution in [0.3, 0.4) is 0 Å². The lowest BCUT2D eigenvalue weighted by Crippen LogP contribution is -2.21. The average molecular weight is 342 g/mol. The number of nitrogens with two attached hydrogens (primary N) is 1. The quantitative estimate of drug-likeness (QED) is 0.895. The topological polar surface area (TPSA) is 90.0 Å². The van der Waals surface area contributed by atoms with Gasteiger partial charge < -0.3 is 11.1 Å². The van der Waals surface area contributed by atoms with E-state index in [0.29, 0.717) is 0 Å². The van der Waals surface area contributed by atoms with Crippen LogP contribution in [0.5, 0.6) is 0 Å². The standard InChI is InChI=1S/C14H16N4O2.C5H10/c1-9(10-6-4-3-5-7-10)18-12(13(15)19)8-11(17-18)14(20)16-2;1-2-4-5-3-1/h3-9H,1-2H3,(H2,15,19)(H,16,20);1-5H2. The van der Waals surface area contributed by atoms with Crippen LogP contribution in [0.25, 0.3) is 0 Å². The summed E-state index contributed by atoms with van der Waals surface area (Å²) in [6, 6.07) is 10.8. The van der Waals surface area contributed by atoms with E-state index in [1.165, 1.54) is 49.9 Å². The lowest BCUT2D eigenvalue weighted by Gasteiger charge is -2.14. The van der Waals surface area contributed by atoms with E-state index in [9.17, 15) is 9.59 Å². The Balaban J connectivity index is 0.000000386. The molecule has 1 heterocycles. The Morgan fingerprint density at radius 2 is 1.68 bits per heavy atom. The summed E-state index contributed by atoms with van der Waals surface area (Å²) in [5, 5.41) is 6.65. The molecule has 3 rings (SSSR count). The maximum atomic E-state index is 11.6. The van der Waals surface area contributed by atoms with E-state index in [-0.39, 0.29) is 23.3 Å². The molecule has 6 heteroatoms. The highest BCUT2D eigenvalue weighted by Crippen LogP contribution is 2.19. The molecule has 1 saturated carbocycles. The van der Waals surface area contributed by atoms with Crippen molar-refractivity contribution in [3.05, 3.63) is 53.3 Å². The molecule has 2 amide bonds. The van der Waals surface area contributed by atoms with E-state index < -0.39 is 5.91 Å². The molecule has 3 N–H and O–H groups in total. The molecular weight excluding hydrogens is 316 g/mol. The first-order valence-corrected chi connectivity index (χ1v) is 8.71. The molecular formula is C19H26N4O2. The molecule has 1 unspecified atom stereocenters. The molecule has 2 aromatic rings. The Hall–Kier alpha value is -2.63. The monoisotopic (exact) mass is 342 g/mol. The number of aromatic nitrogens is 2. The summed E-state index contributed by atoms with van der Waals surface area (Å²) < 4.78 is 1.47. The molecule has 0 radical (unpaired) electrons. The van der Waals surface area contributed by atoms with Crippen molar-refractivity contribution in [3.63, 3.8) is 0 Å². The van der Waals surface area contributed by atoms with Crippen LogP contribution in [0.2, 0.25) is 0 Å². The molecule has 0 saturated heterocycles. The van der Waals surface area contributed by atoms with E-state index in [0.717, 1.165) is 5.56 Å².